The molecule has 5 rings (SSSR count). The Balaban J connectivity index is 1.37. The highest BCUT2D eigenvalue weighted by Gasteiger charge is 2.30. The van der Waals surface area contributed by atoms with E-state index < -0.39 is 0 Å². The molecule has 0 aliphatic carbocycles. The molecule has 0 unspecified atom stereocenters. The number of ether oxygens (including phenoxy) is 2. The topological polar surface area (TPSA) is 55.8 Å². The molecule has 1 amide bonds. The van der Waals surface area contributed by atoms with Crippen LogP contribution in [-0.2, 0) is 0 Å². The first-order valence-electron chi connectivity index (χ1n) is 9.91. The number of Topliss-reactive ketones (excluding diaryl/α,β-unsaturated/α-hetero) is 1. The molecule has 29 heavy (non-hydrogen) atoms. The molecule has 1 atom stereocenters. The molecule has 2 heterocycles. The second kappa shape index (κ2) is 7.24. The van der Waals surface area contributed by atoms with Crippen LogP contribution < -0.4 is 9.47 Å². The van der Waals surface area contributed by atoms with Crippen molar-refractivity contribution in [2.24, 2.45) is 5.92 Å². The van der Waals surface area contributed by atoms with E-state index in [1.165, 1.54) is 0 Å². The van der Waals surface area contributed by atoms with Gasteiger partial charge in [0.05, 0.1) is 0 Å². The summed E-state index contributed by atoms with van der Waals surface area (Å²) in [6, 6.07) is 19.0. The molecule has 0 bridgehead atoms. The van der Waals surface area contributed by atoms with Gasteiger partial charge in [0.1, 0.15) is 0 Å². The van der Waals surface area contributed by atoms with Gasteiger partial charge in [-0.2, -0.15) is 0 Å². The fourth-order valence-corrected chi connectivity index (χ4v) is 4.25. The Morgan fingerprint density at radius 1 is 0.931 bits per heavy atom. The lowest BCUT2D eigenvalue weighted by Crippen LogP contribution is -2.42. The third-order valence-electron chi connectivity index (χ3n) is 5.75. The summed E-state index contributed by atoms with van der Waals surface area (Å²) in [6.07, 6.45) is 1.62. The smallest absolute Gasteiger partial charge is 0.254 e. The lowest BCUT2D eigenvalue weighted by molar-refractivity contribution is 0.0637. The van der Waals surface area contributed by atoms with Crippen LogP contribution in [0.1, 0.15) is 33.6 Å². The van der Waals surface area contributed by atoms with Crippen LogP contribution >= 0.6 is 0 Å². The highest BCUT2D eigenvalue weighted by Crippen LogP contribution is 2.33. The first-order chi connectivity index (χ1) is 14.2. The Hall–Kier alpha value is -3.34. The molecule has 0 spiro atoms. The molecule has 0 radical (unpaired) electrons. The van der Waals surface area contributed by atoms with E-state index in [1.807, 2.05) is 42.5 Å². The maximum Gasteiger partial charge on any atom is 0.254 e. The fraction of sp³-hybridized carbons (Fsp3) is 0.250. The summed E-state index contributed by atoms with van der Waals surface area (Å²) in [6.45, 7) is 1.28. The quantitative estimate of drug-likeness (QED) is 0.629. The van der Waals surface area contributed by atoms with E-state index in [0.717, 1.165) is 29.2 Å². The predicted molar refractivity (Wildman–Crippen MR) is 109 cm³/mol. The number of nitrogens with zero attached hydrogens (tertiary/aromatic N) is 1. The minimum Gasteiger partial charge on any atom is -0.454 e. The SMILES string of the molecule is O=C(c1cccc2ccccc12)[C@H]1CCCN(C(=O)c2ccc3c(c2)OCO3)C1. The largest absolute Gasteiger partial charge is 0.454 e. The van der Waals surface area contributed by atoms with Crippen LogP contribution in [0.3, 0.4) is 0 Å². The lowest BCUT2D eigenvalue weighted by Gasteiger charge is -2.32. The third-order valence-corrected chi connectivity index (χ3v) is 5.75. The van der Waals surface area contributed by atoms with Gasteiger partial charge >= 0.3 is 0 Å². The van der Waals surface area contributed by atoms with Crippen LogP contribution in [0.25, 0.3) is 10.8 Å². The Morgan fingerprint density at radius 2 is 1.76 bits per heavy atom. The molecule has 3 aromatic rings. The molecule has 1 fully saturated rings. The van der Waals surface area contributed by atoms with E-state index in [1.54, 1.807) is 23.1 Å². The predicted octanol–water partition coefficient (Wildman–Crippen LogP) is 4.30. The van der Waals surface area contributed by atoms with E-state index in [0.29, 0.717) is 30.2 Å². The Bertz CT molecular complexity index is 1100. The van der Waals surface area contributed by atoms with Crippen molar-refractivity contribution in [1.82, 2.24) is 4.90 Å². The molecule has 2 aliphatic heterocycles. The van der Waals surface area contributed by atoms with Crippen LogP contribution in [-0.4, -0.2) is 36.5 Å². The second-order valence-electron chi connectivity index (χ2n) is 7.55. The van der Waals surface area contributed by atoms with Crippen molar-refractivity contribution in [3.8, 4) is 11.5 Å². The minimum absolute atomic E-state index is 0.0706. The zero-order valence-electron chi connectivity index (χ0n) is 16.0. The molecule has 0 N–H and O–H groups in total. The Labute approximate surface area is 168 Å². The van der Waals surface area contributed by atoms with Crippen LogP contribution in [0.5, 0.6) is 11.5 Å². The van der Waals surface area contributed by atoms with E-state index >= 15 is 0 Å². The van der Waals surface area contributed by atoms with Gasteiger partial charge in [0.15, 0.2) is 17.3 Å². The zero-order valence-corrected chi connectivity index (χ0v) is 16.0. The van der Waals surface area contributed by atoms with Crippen LogP contribution in [0.4, 0.5) is 0 Å². The van der Waals surface area contributed by atoms with Crippen LogP contribution in [0, 0.1) is 5.92 Å². The summed E-state index contributed by atoms with van der Waals surface area (Å²) >= 11 is 0. The molecular formula is C24H21NO4. The van der Waals surface area contributed by atoms with Gasteiger partial charge in [0.25, 0.3) is 5.91 Å². The van der Waals surface area contributed by atoms with Gasteiger partial charge in [0, 0.05) is 30.1 Å². The number of ketones is 1. The number of likely N-dealkylation sites (tertiary alicyclic amines) is 1. The van der Waals surface area contributed by atoms with E-state index in [2.05, 4.69) is 0 Å². The van der Waals surface area contributed by atoms with Crippen molar-refractivity contribution in [2.75, 3.05) is 19.9 Å². The number of amides is 1. The van der Waals surface area contributed by atoms with Crippen molar-refractivity contribution in [3.05, 3.63) is 71.8 Å². The van der Waals surface area contributed by atoms with Gasteiger partial charge in [-0.05, 0) is 41.8 Å². The maximum absolute atomic E-state index is 13.3. The van der Waals surface area contributed by atoms with Gasteiger partial charge in [-0.3, -0.25) is 9.59 Å². The number of carbonyl (C=O) groups is 2. The summed E-state index contributed by atoms with van der Waals surface area (Å²) in [5, 5.41) is 2.03. The van der Waals surface area contributed by atoms with E-state index in [4.69, 9.17) is 9.47 Å². The monoisotopic (exact) mass is 387 g/mol. The second-order valence-corrected chi connectivity index (χ2v) is 7.55. The van der Waals surface area contributed by atoms with Gasteiger partial charge < -0.3 is 14.4 Å². The first kappa shape index (κ1) is 17.7. The minimum atomic E-state index is -0.187. The summed E-state index contributed by atoms with van der Waals surface area (Å²) in [5.41, 5.74) is 1.30. The molecule has 1 saturated heterocycles. The Morgan fingerprint density at radius 3 is 2.69 bits per heavy atom. The van der Waals surface area contributed by atoms with E-state index in [9.17, 15) is 9.59 Å². The molecule has 5 nitrogen and oxygen atoms in total. The molecular weight excluding hydrogens is 366 g/mol. The van der Waals surface area contributed by atoms with Crippen molar-refractivity contribution < 1.29 is 19.1 Å². The number of piperidine rings is 1. The van der Waals surface area contributed by atoms with E-state index in [-0.39, 0.29) is 24.4 Å². The van der Waals surface area contributed by atoms with Gasteiger partial charge in [-0.15, -0.1) is 0 Å². The average Bonchev–Trinajstić information content (AvgIpc) is 3.26. The zero-order chi connectivity index (χ0) is 19.8. The molecule has 146 valence electrons. The number of hydrogen-bond donors (Lipinski definition) is 0. The summed E-state index contributed by atoms with van der Waals surface area (Å²) in [5.74, 6) is 1.11. The third kappa shape index (κ3) is 3.23. The van der Waals surface area contributed by atoms with Crippen LogP contribution in [0.2, 0.25) is 0 Å². The molecule has 2 aliphatic rings. The maximum atomic E-state index is 13.3. The molecule has 5 heteroatoms. The Kier molecular flexibility index (Phi) is 4.43. The van der Waals surface area contributed by atoms with Crippen molar-refractivity contribution in [2.45, 2.75) is 12.8 Å². The summed E-state index contributed by atoms with van der Waals surface area (Å²) < 4.78 is 10.7. The molecule has 0 saturated carbocycles. The van der Waals surface area contributed by atoms with Crippen molar-refractivity contribution in [1.29, 1.82) is 0 Å². The van der Waals surface area contributed by atoms with Gasteiger partial charge in [-0.1, -0.05) is 42.5 Å². The fourth-order valence-electron chi connectivity index (χ4n) is 4.25. The summed E-state index contributed by atoms with van der Waals surface area (Å²) in [7, 11) is 0. The molecule has 3 aromatic carbocycles. The normalized spacial score (nSPS) is 18.1. The van der Waals surface area contributed by atoms with Gasteiger partial charge in [-0.25, -0.2) is 0 Å². The van der Waals surface area contributed by atoms with Crippen molar-refractivity contribution in [3.63, 3.8) is 0 Å². The summed E-state index contributed by atoms with van der Waals surface area (Å²) in [4.78, 5) is 28.1. The highest BCUT2D eigenvalue weighted by atomic mass is 16.7. The number of carbonyl (C=O) groups excluding carboxylic acids is 2. The van der Waals surface area contributed by atoms with Gasteiger partial charge in [0.2, 0.25) is 6.79 Å². The van der Waals surface area contributed by atoms with Crippen LogP contribution in [0.15, 0.2) is 60.7 Å². The number of hydrogen-bond acceptors (Lipinski definition) is 4. The number of benzene rings is 3. The number of fused-ring (bicyclic) bond motifs is 2. The number of rotatable bonds is 3. The lowest BCUT2D eigenvalue weighted by atomic mass is 9.87. The average molecular weight is 387 g/mol. The first-order valence-corrected chi connectivity index (χ1v) is 9.91. The molecule has 0 aromatic heterocycles. The highest BCUT2D eigenvalue weighted by molar-refractivity contribution is 6.09. The van der Waals surface area contributed by atoms with Crippen molar-refractivity contribution >= 4 is 22.5 Å². The standard InChI is InChI=1S/C24H21NO4/c26-23(20-9-3-6-16-5-1-2-8-19(16)20)18-7-4-12-25(14-18)24(27)17-10-11-21-22(13-17)29-15-28-21/h1-3,5-6,8-11,13,18H,4,7,12,14-15H2/t18-/m0/s1.